The molecule has 8 rings (SSSR count). The fraction of sp³-hybridized carbons (Fsp3) is 0. The van der Waals surface area contributed by atoms with E-state index in [0.717, 1.165) is 48.6 Å². The molecule has 0 bridgehead atoms. The molecule has 0 spiro atoms. The van der Waals surface area contributed by atoms with Gasteiger partial charge in [0.1, 0.15) is 0 Å². The van der Waals surface area contributed by atoms with Crippen molar-refractivity contribution >= 4 is 56.3 Å². The molecule has 0 saturated carbocycles. The average Bonchev–Trinajstić information content (AvgIpc) is 3.50. The molecule has 0 radical (unpaired) electrons. The molecule has 1 heterocycles. The first-order valence-corrected chi connectivity index (χ1v) is 18.0. The molecule has 0 N–H and O–H groups in total. The van der Waals surface area contributed by atoms with Crippen LogP contribution in [0, 0.1) is 17.9 Å². The maximum Gasteiger partial charge on any atom is 0.187 e. The first-order chi connectivity index (χ1) is 23.7. The highest BCUT2D eigenvalue weighted by atomic mass is 28.3. The summed E-state index contributed by atoms with van der Waals surface area (Å²) in [6, 6.07) is 63.5. The molecule has 0 atom stereocenters. The molecule has 0 aliphatic rings. The zero-order chi connectivity index (χ0) is 32.5. The van der Waals surface area contributed by atoms with Gasteiger partial charge in [0.2, 0.25) is 0 Å². The zero-order valence-corrected chi connectivity index (χ0v) is 27.1. The van der Waals surface area contributed by atoms with Crippen LogP contribution in [-0.2, 0) is 0 Å². The van der Waals surface area contributed by atoms with Crippen LogP contribution in [0.3, 0.4) is 0 Å². The number of nitriles is 1. The Morgan fingerprint density at radius 1 is 0.542 bits per heavy atom. The number of nitrogens with zero attached hydrogens (tertiary/aromatic N) is 3. The largest absolute Gasteiger partial charge is 0.309 e. The number of fused-ring (bicyclic) bond motifs is 3. The Balaban J connectivity index is 1.39. The van der Waals surface area contributed by atoms with E-state index in [1.165, 1.54) is 10.8 Å². The standard InChI is InChI=1S/C44H29N3Si/c1-46-33-29-40(32-25-27-34(28-26-32)47-42-23-13-11-21-38(42)39-22-12-14-24-43(39)47)41(31-45)44(30-33)48(35-15-5-2-6-16-35,36-17-7-3-8-18-36)37-19-9-4-10-20-37/h2-30H. The smallest absolute Gasteiger partial charge is 0.187 e. The van der Waals surface area contributed by atoms with Crippen molar-refractivity contribution in [1.82, 2.24) is 4.57 Å². The molecule has 0 aliphatic carbocycles. The van der Waals surface area contributed by atoms with E-state index < -0.39 is 8.07 Å². The summed E-state index contributed by atoms with van der Waals surface area (Å²) in [6.45, 7) is 8.18. The van der Waals surface area contributed by atoms with Crippen LogP contribution in [0.25, 0.3) is 43.5 Å². The summed E-state index contributed by atoms with van der Waals surface area (Å²) in [7, 11) is -3.06. The molecule has 0 aliphatic heterocycles. The Morgan fingerprint density at radius 3 is 1.46 bits per heavy atom. The van der Waals surface area contributed by atoms with Crippen LogP contribution in [0.2, 0.25) is 0 Å². The van der Waals surface area contributed by atoms with E-state index in [9.17, 15) is 5.26 Å². The molecule has 3 nitrogen and oxygen atoms in total. The lowest BCUT2D eigenvalue weighted by molar-refractivity contribution is 1.18. The second-order valence-corrected chi connectivity index (χ2v) is 15.7. The second-order valence-electron chi connectivity index (χ2n) is 11.9. The number of para-hydroxylation sites is 2. The van der Waals surface area contributed by atoms with Crippen molar-refractivity contribution in [3.8, 4) is 22.9 Å². The number of hydrogen-bond acceptors (Lipinski definition) is 1. The number of aromatic nitrogens is 1. The molecule has 0 saturated heterocycles. The summed E-state index contributed by atoms with van der Waals surface area (Å²) >= 11 is 0. The molecule has 4 heteroatoms. The third-order valence-electron chi connectivity index (χ3n) is 9.41. The average molecular weight is 628 g/mol. The van der Waals surface area contributed by atoms with Crippen molar-refractivity contribution in [2.24, 2.45) is 0 Å². The van der Waals surface area contributed by atoms with Gasteiger partial charge in [-0.15, -0.1) is 0 Å². The molecule has 224 valence electrons. The van der Waals surface area contributed by atoms with Gasteiger partial charge in [0.15, 0.2) is 13.8 Å². The van der Waals surface area contributed by atoms with E-state index in [1.807, 2.05) is 30.3 Å². The van der Waals surface area contributed by atoms with Crippen LogP contribution in [-0.4, -0.2) is 12.6 Å². The maximum atomic E-state index is 11.1. The minimum absolute atomic E-state index is 0.519. The lowest BCUT2D eigenvalue weighted by Crippen LogP contribution is -2.75. The molecular formula is C44H29N3Si. The highest BCUT2D eigenvalue weighted by Gasteiger charge is 2.43. The van der Waals surface area contributed by atoms with Crippen LogP contribution >= 0.6 is 0 Å². The lowest BCUT2D eigenvalue weighted by Gasteiger charge is -2.35. The van der Waals surface area contributed by atoms with E-state index >= 15 is 0 Å². The lowest BCUT2D eigenvalue weighted by atomic mass is 9.99. The van der Waals surface area contributed by atoms with E-state index in [0.29, 0.717) is 11.3 Å². The van der Waals surface area contributed by atoms with Gasteiger partial charge in [-0.1, -0.05) is 146 Å². The third-order valence-corrected chi connectivity index (χ3v) is 14.2. The molecule has 0 fully saturated rings. The van der Waals surface area contributed by atoms with Gasteiger partial charge in [0.05, 0.1) is 29.2 Å². The Morgan fingerprint density at radius 2 is 1.00 bits per heavy atom. The first-order valence-electron chi connectivity index (χ1n) is 16.0. The van der Waals surface area contributed by atoms with Gasteiger partial charge in [-0.25, -0.2) is 4.85 Å². The van der Waals surface area contributed by atoms with Crippen molar-refractivity contribution in [1.29, 1.82) is 5.26 Å². The Bertz CT molecular complexity index is 2350. The summed E-state index contributed by atoms with van der Waals surface area (Å²) in [5.41, 5.74) is 6.13. The Kier molecular flexibility index (Phi) is 7.27. The fourth-order valence-electron chi connectivity index (χ4n) is 7.36. The van der Waals surface area contributed by atoms with Crippen molar-refractivity contribution in [2.45, 2.75) is 0 Å². The highest BCUT2D eigenvalue weighted by Crippen LogP contribution is 2.34. The van der Waals surface area contributed by atoms with Crippen LogP contribution in [0.1, 0.15) is 5.56 Å². The van der Waals surface area contributed by atoms with E-state index in [-0.39, 0.29) is 0 Å². The normalized spacial score (nSPS) is 11.3. The molecule has 0 amide bonds. The van der Waals surface area contributed by atoms with Gasteiger partial charge in [-0.2, -0.15) is 5.26 Å². The number of rotatable bonds is 6. The van der Waals surface area contributed by atoms with Gasteiger partial charge >= 0.3 is 0 Å². The summed E-state index contributed by atoms with van der Waals surface area (Å²) in [5, 5.41) is 17.9. The molecule has 48 heavy (non-hydrogen) atoms. The van der Waals surface area contributed by atoms with Crippen molar-refractivity contribution in [3.05, 3.63) is 193 Å². The predicted molar refractivity (Wildman–Crippen MR) is 201 cm³/mol. The summed E-state index contributed by atoms with van der Waals surface area (Å²) in [6.07, 6.45) is 0. The monoisotopic (exact) mass is 627 g/mol. The Labute approximate surface area is 281 Å². The minimum Gasteiger partial charge on any atom is -0.309 e. The van der Waals surface area contributed by atoms with E-state index in [1.54, 1.807) is 0 Å². The van der Waals surface area contributed by atoms with E-state index in [2.05, 4.69) is 161 Å². The van der Waals surface area contributed by atoms with Crippen LogP contribution < -0.4 is 20.7 Å². The van der Waals surface area contributed by atoms with Crippen molar-refractivity contribution in [3.63, 3.8) is 0 Å². The topological polar surface area (TPSA) is 33.1 Å². The first kappa shape index (κ1) is 29.0. The van der Waals surface area contributed by atoms with Gasteiger partial charge in [-0.05, 0) is 62.2 Å². The zero-order valence-electron chi connectivity index (χ0n) is 26.1. The summed E-state index contributed by atoms with van der Waals surface area (Å²) in [4.78, 5) is 3.97. The van der Waals surface area contributed by atoms with Crippen LogP contribution in [0.5, 0.6) is 0 Å². The molecule has 7 aromatic carbocycles. The summed E-state index contributed by atoms with van der Waals surface area (Å²) in [5.74, 6) is 0. The molecular weight excluding hydrogens is 599 g/mol. The summed E-state index contributed by atoms with van der Waals surface area (Å²) < 4.78 is 2.29. The van der Waals surface area contributed by atoms with Crippen LogP contribution in [0.4, 0.5) is 5.69 Å². The quantitative estimate of drug-likeness (QED) is 0.104. The van der Waals surface area contributed by atoms with E-state index in [4.69, 9.17) is 6.57 Å². The SMILES string of the molecule is [C-]#[N+]c1cc(-c2ccc(-n3c4ccccc4c4ccccc43)cc2)c(C#N)c([Si](c2ccccc2)(c2ccccc2)c2ccccc2)c1. The van der Waals surface area contributed by atoms with Crippen molar-refractivity contribution < 1.29 is 0 Å². The fourth-order valence-corrected chi connectivity index (χ4v) is 12.3. The minimum atomic E-state index is -3.06. The Hall–Kier alpha value is -6.46. The molecule has 1 aromatic heterocycles. The van der Waals surface area contributed by atoms with Gasteiger partial charge < -0.3 is 4.57 Å². The van der Waals surface area contributed by atoms with Crippen LogP contribution in [0.15, 0.2) is 176 Å². The second kappa shape index (κ2) is 12.0. The van der Waals surface area contributed by atoms with Crippen molar-refractivity contribution in [2.75, 3.05) is 0 Å². The highest BCUT2D eigenvalue weighted by molar-refractivity contribution is 7.20. The number of benzene rings is 7. The van der Waals surface area contributed by atoms with Gasteiger partial charge in [-0.3, -0.25) is 0 Å². The number of hydrogen-bond donors (Lipinski definition) is 0. The predicted octanol–water partition coefficient (Wildman–Crippen LogP) is 8.25. The third kappa shape index (κ3) is 4.55. The van der Waals surface area contributed by atoms with Gasteiger partial charge in [0, 0.05) is 16.5 Å². The maximum absolute atomic E-state index is 11.1. The molecule has 8 aromatic rings. The van der Waals surface area contributed by atoms with Gasteiger partial charge in [0.25, 0.3) is 0 Å². The molecule has 0 unspecified atom stereocenters.